The third-order valence-electron chi connectivity index (χ3n) is 4.64. The van der Waals surface area contributed by atoms with Crippen LogP contribution in [0.15, 0.2) is 4.99 Å². The molecule has 3 nitrogen and oxygen atoms in total. The summed E-state index contributed by atoms with van der Waals surface area (Å²) in [6.45, 7) is 5.51. The summed E-state index contributed by atoms with van der Waals surface area (Å²) in [5.41, 5.74) is 6.45. The average Bonchev–Trinajstić information content (AvgIpc) is 3.09. The number of hydrogen-bond donors (Lipinski definition) is 2. The van der Waals surface area contributed by atoms with Crippen LogP contribution in [0.5, 0.6) is 0 Å². The van der Waals surface area contributed by atoms with Crippen LogP contribution in [0.4, 0.5) is 0 Å². The first-order chi connectivity index (χ1) is 8.12. The lowest BCUT2D eigenvalue weighted by atomic mass is 9.93. The van der Waals surface area contributed by atoms with Gasteiger partial charge in [-0.05, 0) is 37.0 Å². The van der Waals surface area contributed by atoms with Crippen molar-refractivity contribution in [2.24, 2.45) is 22.1 Å². The molecule has 0 spiro atoms. The van der Waals surface area contributed by atoms with Crippen LogP contribution in [0.3, 0.4) is 0 Å². The van der Waals surface area contributed by atoms with Gasteiger partial charge in [-0.1, -0.05) is 33.1 Å². The summed E-state index contributed by atoms with van der Waals surface area (Å²) in [5, 5.41) is 3.39. The fraction of sp³-hybridized carbons (Fsp3) is 0.929. The standard InChI is InChI=1S/C14H27N3/c1-11(2)14(8-9-14)10-16-13(15)17-12-6-4-3-5-7-12/h11-12H,3-10H2,1-2H3,(H3,15,16,17). The minimum absolute atomic E-state index is 0.471. The van der Waals surface area contributed by atoms with Gasteiger partial charge < -0.3 is 11.1 Å². The van der Waals surface area contributed by atoms with Crippen LogP contribution in [0, 0.1) is 11.3 Å². The first-order valence-corrected chi connectivity index (χ1v) is 7.19. The molecule has 0 unspecified atom stereocenters. The topological polar surface area (TPSA) is 50.4 Å². The van der Waals surface area contributed by atoms with E-state index in [2.05, 4.69) is 24.2 Å². The van der Waals surface area contributed by atoms with E-state index >= 15 is 0 Å². The van der Waals surface area contributed by atoms with Gasteiger partial charge in [-0.15, -0.1) is 0 Å². The Labute approximate surface area is 105 Å². The number of nitrogens with zero attached hydrogens (tertiary/aromatic N) is 1. The summed E-state index contributed by atoms with van der Waals surface area (Å²) in [7, 11) is 0. The molecule has 0 heterocycles. The highest BCUT2D eigenvalue weighted by molar-refractivity contribution is 5.78. The van der Waals surface area contributed by atoms with Crippen LogP contribution >= 0.6 is 0 Å². The molecule has 2 rings (SSSR count). The molecule has 0 saturated heterocycles. The maximum atomic E-state index is 5.98. The summed E-state index contributed by atoms with van der Waals surface area (Å²) in [6.07, 6.45) is 9.21. The summed E-state index contributed by atoms with van der Waals surface area (Å²) in [4.78, 5) is 4.56. The lowest BCUT2D eigenvalue weighted by molar-refractivity contribution is 0.369. The van der Waals surface area contributed by atoms with Crippen molar-refractivity contribution >= 4 is 5.96 Å². The molecule has 2 fully saturated rings. The SMILES string of the molecule is CC(C)C1(CN=C(N)NC2CCCCC2)CC1. The Morgan fingerprint density at radius 3 is 2.47 bits per heavy atom. The molecule has 0 bridgehead atoms. The fourth-order valence-electron chi connectivity index (χ4n) is 2.82. The molecule has 0 aromatic rings. The van der Waals surface area contributed by atoms with Crippen molar-refractivity contribution in [2.75, 3.05) is 6.54 Å². The highest BCUT2D eigenvalue weighted by Crippen LogP contribution is 2.51. The number of aliphatic imine (C=N–C) groups is 1. The van der Waals surface area contributed by atoms with E-state index in [1.165, 1.54) is 44.9 Å². The predicted molar refractivity (Wildman–Crippen MR) is 73.0 cm³/mol. The van der Waals surface area contributed by atoms with Crippen molar-refractivity contribution in [1.29, 1.82) is 0 Å². The normalized spacial score (nSPS) is 25.0. The van der Waals surface area contributed by atoms with Gasteiger partial charge >= 0.3 is 0 Å². The lowest BCUT2D eigenvalue weighted by Crippen LogP contribution is -2.41. The van der Waals surface area contributed by atoms with E-state index in [-0.39, 0.29) is 0 Å². The second kappa shape index (κ2) is 5.28. The number of guanidine groups is 1. The Hall–Kier alpha value is -0.730. The molecule has 0 aliphatic heterocycles. The Bertz CT molecular complexity index is 273. The number of nitrogens with two attached hydrogens (primary N) is 1. The van der Waals surface area contributed by atoms with Crippen molar-refractivity contribution in [3.05, 3.63) is 0 Å². The maximum Gasteiger partial charge on any atom is 0.188 e. The Morgan fingerprint density at radius 2 is 1.94 bits per heavy atom. The minimum Gasteiger partial charge on any atom is -0.370 e. The fourth-order valence-corrected chi connectivity index (χ4v) is 2.82. The minimum atomic E-state index is 0.471. The molecule has 2 aliphatic carbocycles. The molecule has 3 heteroatoms. The van der Waals surface area contributed by atoms with Gasteiger partial charge in [-0.2, -0.15) is 0 Å². The molecule has 2 saturated carbocycles. The Morgan fingerprint density at radius 1 is 1.29 bits per heavy atom. The second-order valence-corrected chi connectivity index (χ2v) is 6.20. The van der Waals surface area contributed by atoms with Gasteiger partial charge in [0, 0.05) is 12.6 Å². The zero-order valence-corrected chi connectivity index (χ0v) is 11.3. The predicted octanol–water partition coefficient (Wildman–Crippen LogP) is 2.66. The largest absolute Gasteiger partial charge is 0.370 e. The third kappa shape index (κ3) is 3.36. The van der Waals surface area contributed by atoms with Crippen LogP contribution in [0.2, 0.25) is 0 Å². The van der Waals surface area contributed by atoms with E-state index in [1.54, 1.807) is 0 Å². The van der Waals surface area contributed by atoms with E-state index < -0.39 is 0 Å². The molecule has 0 aromatic heterocycles. The van der Waals surface area contributed by atoms with Crippen molar-refractivity contribution < 1.29 is 0 Å². The first-order valence-electron chi connectivity index (χ1n) is 7.19. The third-order valence-corrected chi connectivity index (χ3v) is 4.64. The Kier molecular flexibility index (Phi) is 3.95. The average molecular weight is 237 g/mol. The van der Waals surface area contributed by atoms with Gasteiger partial charge in [0.2, 0.25) is 0 Å². The van der Waals surface area contributed by atoms with Crippen molar-refractivity contribution in [2.45, 2.75) is 64.8 Å². The zero-order valence-electron chi connectivity index (χ0n) is 11.3. The summed E-state index contributed by atoms with van der Waals surface area (Å²) in [6, 6.07) is 0.571. The number of nitrogens with one attached hydrogen (secondary N) is 1. The maximum absolute atomic E-state index is 5.98. The summed E-state index contributed by atoms with van der Waals surface area (Å²) in [5.74, 6) is 1.40. The molecule has 0 atom stereocenters. The van der Waals surface area contributed by atoms with Crippen molar-refractivity contribution in [1.82, 2.24) is 5.32 Å². The monoisotopic (exact) mass is 237 g/mol. The molecule has 3 N–H and O–H groups in total. The van der Waals surface area contributed by atoms with E-state index in [0.717, 1.165) is 12.5 Å². The highest BCUT2D eigenvalue weighted by Gasteiger charge is 2.45. The van der Waals surface area contributed by atoms with Gasteiger partial charge in [-0.3, -0.25) is 4.99 Å². The van der Waals surface area contributed by atoms with Crippen molar-refractivity contribution in [3.8, 4) is 0 Å². The molecule has 17 heavy (non-hydrogen) atoms. The molecular weight excluding hydrogens is 210 g/mol. The first kappa shape index (κ1) is 12.7. The summed E-state index contributed by atoms with van der Waals surface area (Å²) < 4.78 is 0. The van der Waals surface area contributed by atoms with E-state index in [9.17, 15) is 0 Å². The van der Waals surface area contributed by atoms with Crippen molar-refractivity contribution in [3.63, 3.8) is 0 Å². The Balaban J connectivity index is 1.77. The van der Waals surface area contributed by atoms with Gasteiger partial charge in [0.05, 0.1) is 0 Å². The van der Waals surface area contributed by atoms with Crippen LogP contribution in [0.25, 0.3) is 0 Å². The van der Waals surface area contributed by atoms with Gasteiger partial charge in [0.25, 0.3) is 0 Å². The molecule has 98 valence electrons. The van der Waals surface area contributed by atoms with E-state index in [4.69, 9.17) is 5.73 Å². The van der Waals surface area contributed by atoms with E-state index in [0.29, 0.717) is 17.4 Å². The quantitative estimate of drug-likeness (QED) is 0.583. The highest BCUT2D eigenvalue weighted by atomic mass is 15.1. The molecular formula is C14H27N3. The smallest absolute Gasteiger partial charge is 0.188 e. The van der Waals surface area contributed by atoms with Gasteiger partial charge in [0.15, 0.2) is 5.96 Å². The molecule has 0 aromatic carbocycles. The second-order valence-electron chi connectivity index (χ2n) is 6.20. The number of rotatable bonds is 4. The molecule has 0 radical (unpaired) electrons. The van der Waals surface area contributed by atoms with Crippen LogP contribution in [-0.2, 0) is 0 Å². The van der Waals surface area contributed by atoms with Crippen LogP contribution in [0.1, 0.15) is 58.8 Å². The molecule has 2 aliphatic rings. The van der Waals surface area contributed by atoms with Crippen LogP contribution < -0.4 is 11.1 Å². The van der Waals surface area contributed by atoms with Crippen LogP contribution in [-0.4, -0.2) is 18.5 Å². The van der Waals surface area contributed by atoms with Gasteiger partial charge in [0.1, 0.15) is 0 Å². The van der Waals surface area contributed by atoms with E-state index in [1.807, 2.05) is 0 Å². The summed E-state index contributed by atoms with van der Waals surface area (Å²) >= 11 is 0. The molecule has 0 amide bonds. The zero-order chi connectivity index (χ0) is 12.3. The number of hydrogen-bond acceptors (Lipinski definition) is 1. The lowest BCUT2D eigenvalue weighted by Gasteiger charge is -2.24. The van der Waals surface area contributed by atoms with Gasteiger partial charge in [-0.25, -0.2) is 0 Å².